The van der Waals surface area contributed by atoms with Gasteiger partial charge in [0.1, 0.15) is 104 Å². The predicted octanol–water partition coefficient (Wildman–Crippen LogP) is 8.74. The van der Waals surface area contributed by atoms with Crippen LogP contribution in [0.5, 0.6) is 23.0 Å². The van der Waals surface area contributed by atoms with Gasteiger partial charge >= 0.3 is 6.09 Å². The van der Waals surface area contributed by atoms with E-state index in [9.17, 15) is 71.6 Å². The van der Waals surface area contributed by atoms with E-state index in [1.807, 2.05) is 14.7 Å². The Hall–Kier alpha value is -15.8. The number of piperazine rings is 4. The van der Waals surface area contributed by atoms with Crippen molar-refractivity contribution in [1.29, 1.82) is 0 Å². The van der Waals surface area contributed by atoms with Gasteiger partial charge in [-0.2, -0.15) is 4.98 Å². The Kier molecular flexibility index (Phi) is 29.4. The number of rotatable bonds is 17. The maximum absolute atomic E-state index is 15.0. The van der Waals surface area contributed by atoms with Crippen LogP contribution in [0.15, 0.2) is 186 Å². The van der Waals surface area contributed by atoms with E-state index >= 15 is 4.39 Å². The summed E-state index contributed by atoms with van der Waals surface area (Å²) in [5.41, 5.74) is -0.760. The third kappa shape index (κ3) is 19.6. The van der Waals surface area contributed by atoms with E-state index in [2.05, 4.69) is 84.8 Å². The highest BCUT2D eigenvalue weighted by atomic mass is 19.1. The Labute approximate surface area is 777 Å². The van der Waals surface area contributed by atoms with Crippen molar-refractivity contribution >= 4 is 103 Å². The molecule has 5 fully saturated rings. The molecule has 40 heteroatoms. The fourth-order valence-electron chi connectivity index (χ4n) is 17.6. The van der Waals surface area contributed by atoms with Crippen molar-refractivity contribution in [3.8, 4) is 45.7 Å². The molecule has 36 nitrogen and oxygen atoms in total. The highest BCUT2D eigenvalue weighted by molar-refractivity contribution is 5.95. The van der Waals surface area contributed by atoms with Crippen molar-refractivity contribution in [3.63, 3.8) is 0 Å². The number of aromatic hydroxyl groups is 3. The van der Waals surface area contributed by atoms with Crippen molar-refractivity contribution < 1.29 is 61.6 Å². The molecule has 0 atom stereocenters. The summed E-state index contributed by atoms with van der Waals surface area (Å²) in [5, 5.41) is 32.9. The van der Waals surface area contributed by atoms with E-state index in [0.717, 1.165) is 52.7 Å². The monoisotopic (exact) mass is 1860 g/mol. The van der Waals surface area contributed by atoms with Gasteiger partial charge in [0.15, 0.2) is 29.0 Å². The molecule has 5 aliphatic heterocycles. The lowest BCUT2D eigenvalue weighted by molar-refractivity contribution is -0.127. The van der Waals surface area contributed by atoms with E-state index in [4.69, 9.17) is 14.7 Å². The van der Waals surface area contributed by atoms with E-state index in [1.54, 1.807) is 71.6 Å². The molecule has 0 unspecified atom stereocenters. The Bertz CT molecular complexity index is 6700. The van der Waals surface area contributed by atoms with Crippen LogP contribution in [0, 0.1) is 51.0 Å². The zero-order valence-corrected chi connectivity index (χ0v) is 76.5. The number of piperidine rings is 1. The molecular weight excluding hydrogens is 1760 g/mol. The Morgan fingerprint density at radius 3 is 0.978 bits per heavy atom. The van der Waals surface area contributed by atoms with Crippen molar-refractivity contribution in [2.45, 2.75) is 60.4 Å². The Morgan fingerprint density at radius 2 is 0.676 bits per heavy atom. The molecule has 17 rings (SSSR count). The molecule has 3 N–H and O–H groups in total. The molecule has 5 aliphatic rings. The van der Waals surface area contributed by atoms with Gasteiger partial charge in [0.2, 0.25) is 29.6 Å². The average Bonchev–Trinajstić information content (AvgIpc) is 0.736. The number of para-hydroxylation sites is 4. The number of fused-ring (bicyclic) bond motifs is 4. The molecule has 0 spiro atoms. The lowest BCUT2D eigenvalue weighted by Crippen LogP contribution is -2.49. The maximum Gasteiger partial charge on any atom is 0.414 e. The number of nitrogens with zero attached hydrogens (tertiary/aromatic N) is 23. The number of phenolic OH excluding ortho intramolecular Hbond substituents is 3. The third-order valence-electron chi connectivity index (χ3n) is 24.6. The minimum Gasteiger partial charge on any atom is -0.506 e. The first-order chi connectivity index (χ1) is 65.3. The number of anilines is 5. The van der Waals surface area contributed by atoms with E-state index in [0.29, 0.717) is 184 Å². The first-order valence-corrected chi connectivity index (χ1v) is 44.2. The normalized spacial score (nSPS) is 14.8. The van der Waals surface area contributed by atoms with Gasteiger partial charge in [-0.05, 0) is 151 Å². The number of phenols is 3. The van der Waals surface area contributed by atoms with Gasteiger partial charge < -0.3 is 74.0 Å². The zero-order valence-electron chi connectivity index (χ0n) is 76.5. The highest BCUT2D eigenvalue weighted by Crippen LogP contribution is 2.37. The number of aryl methyl sites for hydroxylation is 4. The summed E-state index contributed by atoms with van der Waals surface area (Å²) in [4.78, 5) is 170. The predicted molar refractivity (Wildman–Crippen MR) is 508 cm³/mol. The highest BCUT2D eigenvalue weighted by Gasteiger charge is 2.34. The van der Waals surface area contributed by atoms with E-state index in [-0.39, 0.29) is 91.4 Å². The van der Waals surface area contributed by atoms with Gasteiger partial charge in [-0.25, -0.2) is 57.2 Å². The van der Waals surface area contributed by atoms with Crippen LogP contribution >= 0.6 is 0 Å². The van der Waals surface area contributed by atoms with Crippen LogP contribution in [-0.2, 0) is 19.2 Å². The number of amides is 5. The second kappa shape index (κ2) is 41.6. The largest absolute Gasteiger partial charge is 0.506 e. The number of hydrogen-bond acceptors (Lipinski definition) is 27. The van der Waals surface area contributed by atoms with Crippen LogP contribution in [0.2, 0.25) is 0 Å². The lowest BCUT2D eigenvalue weighted by Gasteiger charge is -2.38. The summed E-state index contributed by atoms with van der Waals surface area (Å²) in [7, 11) is 3.00. The van der Waals surface area contributed by atoms with Crippen molar-refractivity contribution in [2.24, 2.45) is 0 Å². The molecule has 4 aromatic carbocycles. The first kappa shape index (κ1) is 96.3. The standard InChI is InChI=1S/C30H38FN7O3.C24H25FN6O4.2C21H20FN5O3/c1-5-25(40)35-15-17-36(18-16-35)28-22-19-20(4)38(27-23(31)9-8-10-24(27)39)29(41)26(22)32-30(33-28)37-13-11-21(12-14-37)34(6-2)7-3;1-5-19(32)29-9-11-30(12-10-29)22-16-13-15(2)31(23(33)20(16)26-14-27-22)21-17(25)7-6-8-18(21)35-24(34)28(3)4;2*1-3-17(29)25-7-9-26(10-8-25)20-14-11-13(2)27(21(30)18(14)23-12-24-20)19-15(22)5-4-6-16(19)28/h5,8-10,19,21,39H,1,6-7,11-18H2,2-4H3;5-8,13-14H,1,9-12H2,2-4H3;2*3-6,11-12,28H,1,7-10H2,2H3. The molecule has 8 aromatic heterocycles. The van der Waals surface area contributed by atoms with Gasteiger partial charge in [0.25, 0.3) is 22.2 Å². The third-order valence-corrected chi connectivity index (χ3v) is 24.6. The first-order valence-electron chi connectivity index (χ1n) is 44.2. The molecule has 5 saturated heterocycles. The molecular formula is C96H103F4N23O13. The number of benzene rings is 4. The summed E-state index contributed by atoms with van der Waals surface area (Å²) in [6.45, 7) is 37.0. The minimum atomic E-state index is -0.726. The minimum absolute atomic E-state index is 0.0921. The second-order valence-electron chi connectivity index (χ2n) is 32.9. The average molecular weight is 1860 g/mol. The lowest BCUT2D eigenvalue weighted by atomic mass is 10.0. The molecule has 12 aromatic rings. The maximum atomic E-state index is 15.0. The summed E-state index contributed by atoms with van der Waals surface area (Å²) in [6.07, 6.45) is 10.3. The number of ether oxygens (including phenoxy) is 1. The molecule has 136 heavy (non-hydrogen) atoms. The molecule has 5 amide bonds. The summed E-state index contributed by atoms with van der Waals surface area (Å²) < 4.78 is 68.6. The van der Waals surface area contributed by atoms with E-state index < -0.39 is 51.6 Å². The summed E-state index contributed by atoms with van der Waals surface area (Å²) in [5.74, 6) is -1.64. The molecule has 0 bridgehead atoms. The second-order valence-corrected chi connectivity index (χ2v) is 32.9. The Balaban J connectivity index is 0.000000146. The molecule has 0 aliphatic carbocycles. The van der Waals surface area contributed by atoms with Gasteiger partial charge in [-0.1, -0.05) is 64.4 Å². The fraction of sp³-hybridized carbons (Fsp3) is 0.323. The van der Waals surface area contributed by atoms with Crippen LogP contribution in [-0.4, -0.2) is 284 Å². The smallest absolute Gasteiger partial charge is 0.414 e. The van der Waals surface area contributed by atoms with Gasteiger partial charge in [-0.15, -0.1) is 0 Å². The van der Waals surface area contributed by atoms with Crippen LogP contribution in [0.1, 0.15) is 49.5 Å². The SMILES string of the molecule is C=CC(=O)N1CCN(c2nc(N3CCC(N(CC)CC)CC3)nc3c(=O)n(-c4c(O)cccc4F)c(C)cc23)CC1.C=CC(=O)N1CCN(c2ncnc3c(=O)n(-c4c(F)cccc4OC(=O)N(C)C)c(C)cc23)CC1.C=CC(=O)N1CCN(c2ncnc3c(=O)n(-c4c(O)cccc4F)c(C)cc23)CC1.C=CC(=O)N1CCN(c2ncnc3c(=O)n(-c4c(O)cccc4F)c(C)cc23)CC1. The van der Waals surface area contributed by atoms with Crippen molar-refractivity contribution in [3.05, 3.63) is 254 Å². The molecule has 13 heterocycles. The van der Waals surface area contributed by atoms with Crippen molar-refractivity contribution in [2.75, 3.05) is 169 Å². The molecule has 0 radical (unpaired) electrons. The number of carbonyl (C=O) groups excluding carboxylic acids is 5. The van der Waals surface area contributed by atoms with Gasteiger partial charge in [0.05, 0.1) is 21.5 Å². The number of hydrogen-bond donors (Lipinski definition) is 3. The number of halogens is 4. The van der Waals surface area contributed by atoms with Gasteiger partial charge in [-0.3, -0.25) is 56.6 Å². The number of pyridine rings is 4. The van der Waals surface area contributed by atoms with Crippen LogP contribution in [0.4, 0.5) is 51.6 Å². The fourth-order valence-corrected chi connectivity index (χ4v) is 17.6. The topological polar surface area (TPSA) is 382 Å². The molecule has 0 saturated carbocycles. The van der Waals surface area contributed by atoms with Crippen LogP contribution in [0.3, 0.4) is 0 Å². The van der Waals surface area contributed by atoms with Gasteiger partial charge in [0, 0.05) is 161 Å². The zero-order chi connectivity index (χ0) is 97.4. The summed E-state index contributed by atoms with van der Waals surface area (Å²) >= 11 is 0. The Morgan fingerprint density at radius 1 is 0.390 bits per heavy atom. The van der Waals surface area contributed by atoms with Crippen LogP contribution in [0.25, 0.3) is 66.4 Å². The van der Waals surface area contributed by atoms with E-state index in [1.165, 1.54) is 140 Å². The van der Waals surface area contributed by atoms with Crippen LogP contribution < -0.4 is 51.5 Å². The summed E-state index contributed by atoms with van der Waals surface area (Å²) in [6, 6.07) is 23.1. The number of carbonyl (C=O) groups is 5. The number of aromatic nitrogens is 12. The van der Waals surface area contributed by atoms with Crippen molar-refractivity contribution in [1.82, 2.24) is 87.5 Å². The molecule has 708 valence electrons. The quantitative estimate of drug-likeness (QED) is 0.0566.